The highest BCUT2D eigenvalue weighted by Gasteiger charge is 2.39. The molecule has 0 radical (unpaired) electrons. The summed E-state index contributed by atoms with van der Waals surface area (Å²) in [6.45, 7) is 3.50. The Hall–Kier alpha value is -6.74. The van der Waals surface area contributed by atoms with E-state index in [4.69, 9.17) is 48.2 Å². The fraction of sp³-hybridized carbons (Fsp3) is 0.417. The highest BCUT2D eigenvalue weighted by molar-refractivity contribution is 6.34. The van der Waals surface area contributed by atoms with Gasteiger partial charge in [0, 0.05) is 93.2 Å². The van der Waals surface area contributed by atoms with Gasteiger partial charge in [-0.2, -0.15) is 5.10 Å². The first-order valence-corrected chi connectivity index (χ1v) is 23.0. The van der Waals surface area contributed by atoms with Crippen molar-refractivity contribution in [3.63, 3.8) is 0 Å². The quantitative estimate of drug-likeness (QED) is 0.156. The third-order valence-corrected chi connectivity index (χ3v) is 12.3. The maximum Gasteiger partial charge on any atom is 0.275 e. The Labute approximate surface area is 416 Å². The molecule has 3 N–H and O–H groups in total. The van der Waals surface area contributed by atoms with Crippen LogP contribution in [0.2, 0.25) is 10.0 Å². The fourth-order valence-electron chi connectivity index (χ4n) is 7.89. The molecule has 0 aliphatic carbocycles. The van der Waals surface area contributed by atoms with Gasteiger partial charge in [0.05, 0.1) is 70.0 Å². The number of likely N-dealkylation sites (N-methyl/N-ethyl adjacent to an activating group) is 5. The molecule has 2 aliphatic heterocycles. The number of anilines is 1. The van der Waals surface area contributed by atoms with Gasteiger partial charge in [0.1, 0.15) is 18.1 Å². The molecule has 22 heteroatoms. The molecule has 0 unspecified atom stereocenters. The first-order valence-electron chi connectivity index (χ1n) is 22.3. The van der Waals surface area contributed by atoms with Crippen LogP contribution >= 0.6 is 23.2 Å². The fourth-order valence-corrected chi connectivity index (χ4v) is 8.40. The second-order valence-corrected chi connectivity index (χ2v) is 18.7. The number of carbonyl (C=O) groups is 7. The van der Waals surface area contributed by atoms with Crippen molar-refractivity contribution in [2.24, 2.45) is 5.73 Å². The molecular formula is C48H58Cl2N10O10. The van der Waals surface area contributed by atoms with Crippen LogP contribution in [0.4, 0.5) is 5.69 Å². The van der Waals surface area contributed by atoms with Crippen LogP contribution in [-0.2, 0) is 40.1 Å². The van der Waals surface area contributed by atoms with Crippen molar-refractivity contribution in [1.82, 2.24) is 39.2 Å². The van der Waals surface area contributed by atoms with Gasteiger partial charge in [-0.05, 0) is 55.8 Å². The van der Waals surface area contributed by atoms with Crippen LogP contribution in [0.15, 0.2) is 54.6 Å². The molecule has 0 saturated carbocycles. The normalized spacial score (nSPS) is 13.5. The summed E-state index contributed by atoms with van der Waals surface area (Å²) in [7, 11) is 8.62. The number of morpholine rings is 1. The van der Waals surface area contributed by atoms with Crippen LogP contribution in [-0.4, -0.2) is 187 Å². The molecule has 6 rings (SSSR count). The average Bonchev–Trinajstić information content (AvgIpc) is 3.70. The Morgan fingerprint density at radius 3 is 1.90 bits per heavy atom. The zero-order valence-electron chi connectivity index (χ0n) is 40.5. The van der Waals surface area contributed by atoms with Crippen LogP contribution in [0.3, 0.4) is 0 Å². The first-order chi connectivity index (χ1) is 33.1. The summed E-state index contributed by atoms with van der Waals surface area (Å²) in [6.07, 6.45) is 0.0837. The summed E-state index contributed by atoms with van der Waals surface area (Å²) in [5.41, 5.74) is 9.02. The number of aromatic nitrogens is 2. The number of ether oxygens (including phenoxy) is 3. The van der Waals surface area contributed by atoms with E-state index in [9.17, 15) is 33.6 Å². The predicted molar refractivity (Wildman–Crippen MR) is 262 cm³/mol. The number of rotatable bonds is 17. The second-order valence-electron chi connectivity index (χ2n) is 17.8. The number of nitrogens with two attached hydrogens (primary N) is 1. The summed E-state index contributed by atoms with van der Waals surface area (Å²) >= 11 is 13.0. The predicted octanol–water partition coefficient (Wildman–Crippen LogP) is 3.24. The highest BCUT2D eigenvalue weighted by Crippen LogP contribution is 2.47. The smallest absolute Gasteiger partial charge is 0.275 e. The van der Waals surface area contributed by atoms with Gasteiger partial charge >= 0.3 is 0 Å². The van der Waals surface area contributed by atoms with Gasteiger partial charge < -0.3 is 54.7 Å². The molecule has 70 heavy (non-hydrogen) atoms. The molecule has 0 atom stereocenters. The molecule has 4 aromatic rings. The number of fused-ring (bicyclic) bond motifs is 3. The summed E-state index contributed by atoms with van der Waals surface area (Å²) < 4.78 is 19.5. The highest BCUT2D eigenvalue weighted by atomic mass is 35.5. The number of benzene rings is 3. The third-order valence-electron chi connectivity index (χ3n) is 11.9. The van der Waals surface area contributed by atoms with Gasteiger partial charge in [-0.3, -0.25) is 33.6 Å². The third kappa shape index (κ3) is 12.2. The van der Waals surface area contributed by atoms with E-state index in [1.54, 1.807) is 52.0 Å². The maximum atomic E-state index is 14.4. The van der Waals surface area contributed by atoms with E-state index < -0.39 is 35.1 Å². The molecule has 374 valence electrons. The summed E-state index contributed by atoms with van der Waals surface area (Å²) in [6, 6.07) is 15.7. The number of hydrogen-bond acceptors (Lipinski definition) is 12. The van der Waals surface area contributed by atoms with Crippen molar-refractivity contribution in [3.05, 3.63) is 75.9 Å². The molecule has 0 spiro atoms. The number of halogens is 2. The minimum Gasteiger partial charge on any atom is -0.496 e. The summed E-state index contributed by atoms with van der Waals surface area (Å²) in [5.74, 6) is -2.25. The minimum absolute atomic E-state index is 0.0397. The van der Waals surface area contributed by atoms with Crippen LogP contribution in [0.5, 0.6) is 11.5 Å². The summed E-state index contributed by atoms with van der Waals surface area (Å²) in [4.78, 5) is 99.0. The van der Waals surface area contributed by atoms with Gasteiger partial charge in [-0.15, -0.1) is 0 Å². The second kappa shape index (κ2) is 22.3. The Bertz CT molecular complexity index is 2670. The van der Waals surface area contributed by atoms with Crippen LogP contribution in [0, 0.1) is 0 Å². The van der Waals surface area contributed by atoms with Gasteiger partial charge in [-0.25, -0.2) is 4.68 Å². The number of amides is 7. The molecule has 7 amide bonds. The molecule has 0 bridgehead atoms. The van der Waals surface area contributed by atoms with Crippen molar-refractivity contribution >= 4 is 70.2 Å². The van der Waals surface area contributed by atoms with Crippen molar-refractivity contribution < 1.29 is 47.8 Å². The van der Waals surface area contributed by atoms with Gasteiger partial charge in [0.25, 0.3) is 5.91 Å². The van der Waals surface area contributed by atoms with E-state index in [1.807, 2.05) is 26.0 Å². The SMILES string of the molecule is COc1cc2c(cc1-c1cccc(NC(=O)CN(C)C(=O)CN(C)C(=O)CN(C)C(=O)CN(C)C(=O)CN(C)C(=O)CCN)c1)-c1c(c(C(=O)N3CCOCC3(C)C)nn1-c1cc(Cl)cc(Cl)c1)CO2. The van der Waals surface area contributed by atoms with E-state index >= 15 is 0 Å². The molecule has 1 fully saturated rings. The molecule has 1 saturated heterocycles. The average molecular weight is 1010 g/mol. The Morgan fingerprint density at radius 2 is 1.34 bits per heavy atom. The number of nitrogens with zero attached hydrogens (tertiary/aromatic N) is 8. The molecule has 2 aliphatic rings. The maximum absolute atomic E-state index is 14.4. The lowest BCUT2D eigenvalue weighted by Gasteiger charge is -2.41. The van der Waals surface area contributed by atoms with Crippen molar-refractivity contribution in [1.29, 1.82) is 0 Å². The molecule has 3 aromatic carbocycles. The number of hydrogen-bond donors (Lipinski definition) is 2. The number of methoxy groups -OCH3 is 1. The zero-order chi connectivity index (χ0) is 51.2. The standard InChI is InChI=1S/C48H58Cl2N10O10/c1-48(2)28-69-15-14-59(48)47(67)45-36-27-70-38-21-37(68-8)34(20-35(38)46(36)60(53-45)33-18-30(49)17-31(50)19-33)29-10-9-11-32(16-29)52-39(61)22-54(3)41(63)24-56(5)43(65)26-58(7)44(66)25-57(6)42(64)23-55(4)40(62)12-13-51/h9-11,16-21H,12-15,22-28,51H2,1-8H3,(H,52,61). The van der Waals surface area contributed by atoms with Crippen LogP contribution in [0.25, 0.3) is 28.1 Å². The van der Waals surface area contributed by atoms with Gasteiger partial charge in [0.15, 0.2) is 5.69 Å². The van der Waals surface area contributed by atoms with E-state index in [2.05, 4.69) is 5.32 Å². The molecular weight excluding hydrogens is 947 g/mol. The van der Waals surface area contributed by atoms with Crippen LogP contribution in [0.1, 0.15) is 36.3 Å². The molecule has 1 aromatic heterocycles. The van der Waals surface area contributed by atoms with Crippen molar-refractivity contribution in [2.75, 3.05) is 107 Å². The minimum atomic E-state index is -0.595. The lowest BCUT2D eigenvalue weighted by molar-refractivity contribution is -0.145. The van der Waals surface area contributed by atoms with Gasteiger partial charge in [0.2, 0.25) is 35.4 Å². The van der Waals surface area contributed by atoms with E-state index in [0.29, 0.717) is 80.6 Å². The Balaban J connectivity index is 1.14. The van der Waals surface area contributed by atoms with Crippen molar-refractivity contribution in [2.45, 2.75) is 32.4 Å². The van der Waals surface area contributed by atoms with E-state index in [0.717, 1.165) is 14.7 Å². The monoisotopic (exact) mass is 1000 g/mol. The first kappa shape index (κ1) is 52.6. The molecule has 3 heterocycles. The Morgan fingerprint density at radius 1 is 0.771 bits per heavy atom. The van der Waals surface area contributed by atoms with Crippen molar-refractivity contribution in [3.8, 4) is 39.6 Å². The summed E-state index contributed by atoms with van der Waals surface area (Å²) in [5, 5.41) is 8.50. The van der Waals surface area contributed by atoms with E-state index in [1.165, 1.54) is 52.1 Å². The van der Waals surface area contributed by atoms with Crippen LogP contribution < -0.4 is 20.5 Å². The molecule has 20 nitrogen and oxygen atoms in total. The lowest BCUT2D eigenvalue weighted by Crippen LogP contribution is -2.55. The lowest BCUT2D eigenvalue weighted by atomic mass is 9.95. The topological polar surface area (TPSA) is 222 Å². The number of carbonyl (C=O) groups excluding carboxylic acids is 7. The van der Waals surface area contributed by atoms with E-state index in [-0.39, 0.29) is 69.8 Å². The number of nitrogens with one attached hydrogen (secondary N) is 1. The van der Waals surface area contributed by atoms with Gasteiger partial charge in [-0.1, -0.05) is 35.3 Å². The largest absolute Gasteiger partial charge is 0.496 e. The Kier molecular flexibility index (Phi) is 16.8. The zero-order valence-corrected chi connectivity index (χ0v) is 42.0.